The van der Waals surface area contributed by atoms with E-state index < -0.39 is 15.3 Å². The van der Waals surface area contributed by atoms with Crippen LogP contribution in [-0.2, 0) is 21.2 Å². The van der Waals surface area contributed by atoms with Gasteiger partial charge in [0.05, 0.1) is 10.6 Å². The fourth-order valence-electron chi connectivity index (χ4n) is 5.20. The molecule has 1 aliphatic rings. The zero-order valence-corrected chi connectivity index (χ0v) is 20.5. The maximum absolute atomic E-state index is 13.6. The summed E-state index contributed by atoms with van der Waals surface area (Å²) in [6, 6.07) is 23.2. The Morgan fingerprint density at radius 1 is 0.941 bits per heavy atom. The van der Waals surface area contributed by atoms with Gasteiger partial charge in [0, 0.05) is 52.9 Å². The normalized spacial score (nSPS) is 18.6. The molecule has 5 rings (SSSR count). The fourth-order valence-corrected chi connectivity index (χ4v) is 6.98. The Bertz CT molecular complexity index is 1550. The molecule has 0 radical (unpaired) electrons. The van der Waals surface area contributed by atoms with Crippen LogP contribution < -0.4 is 0 Å². The van der Waals surface area contributed by atoms with E-state index in [9.17, 15) is 13.2 Å². The number of aromatic nitrogens is 1. The van der Waals surface area contributed by atoms with Gasteiger partial charge in [-0.25, -0.2) is 8.42 Å². The highest BCUT2D eigenvalue weighted by atomic mass is 32.2. The Kier molecular flexibility index (Phi) is 5.36. The zero-order valence-electron chi connectivity index (χ0n) is 19.7. The average molecular weight is 473 g/mol. The number of amides is 1. The first-order valence-electron chi connectivity index (χ1n) is 11.5. The number of hydrogen-bond donors (Lipinski definition) is 0. The highest BCUT2D eigenvalue weighted by Crippen LogP contribution is 2.39. The quantitative estimate of drug-likeness (QED) is 0.385. The first-order valence-corrected chi connectivity index (χ1v) is 13.2. The highest BCUT2D eigenvalue weighted by molar-refractivity contribution is 7.91. The van der Waals surface area contributed by atoms with Crippen molar-refractivity contribution in [3.05, 3.63) is 84.4 Å². The molecule has 5 nitrogen and oxygen atoms in total. The van der Waals surface area contributed by atoms with Gasteiger partial charge >= 0.3 is 0 Å². The van der Waals surface area contributed by atoms with Crippen LogP contribution in [0.25, 0.3) is 27.5 Å². The predicted octanol–water partition coefficient (Wildman–Crippen LogP) is 5.50. The van der Waals surface area contributed by atoms with E-state index in [1.807, 2.05) is 73.7 Å². The van der Waals surface area contributed by atoms with Crippen LogP contribution in [0.1, 0.15) is 26.3 Å². The maximum Gasteiger partial charge on any atom is 0.223 e. The van der Waals surface area contributed by atoms with Crippen molar-refractivity contribution in [1.29, 1.82) is 0 Å². The monoisotopic (exact) mass is 472 g/mol. The first kappa shape index (κ1) is 22.4. The third kappa shape index (κ3) is 3.72. The number of nitrogens with zero attached hydrogens (tertiary/aromatic N) is 2. The topological polar surface area (TPSA) is 59.4 Å². The number of para-hydroxylation sites is 1. The maximum atomic E-state index is 13.6. The SMILES string of the molecule is CCn1c2ccccc2c2cc(S(=O)(=O)CC3(C)C=C(c4ccccc4)N(C(C)=O)C3)ccc21. The summed E-state index contributed by atoms with van der Waals surface area (Å²) in [5.41, 5.74) is 3.12. The molecule has 3 aromatic carbocycles. The molecule has 6 heteroatoms. The standard InChI is InChI=1S/C28H28N2O3S/c1-4-29-25-13-9-8-12-23(25)24-16-22(14-15-26(24)29)34(32,33)19-28(3)17-27(30(18-28)20(2)31)21-10-6-5-7-11-21/h5-17H,4,18-19H2,1-3H3. The molecule has 174 valence electrons. The van der Waals surface area contributed by atoms with Gasteiger partial charge in [0.2, 0.25) is 5.91 Å². The molecule has 0 N–H and O–H groups in total. The van der Waals surface area contributed by atoms with Gasteiger partial charge in [-0.3, -0.25) is 4.79 Å². The van der Waals surface area contributed by atoms with Crippen molar-refractivity contribution in [2.75, 3.05) is 12.3 Å². The number of fused-ring (bicyclic) bond motifs is 3. The van der Waals surface area contributed by atoms with Crippen LogP contribution in [0.2, 0.25) is 0 Å². The van der Waals surface area contributed by atoms with Crippen LogP contribution in [0.3, 0.4) is 0 Å². The Morgan fingerprint density at radius 2 is 1.62 bits per heavy atom. The zero-order chi connectivity index (χ0) is 24.1. The molecule has 1 atom stereocenters. The van der Waals surface area contributed by atoms with Crippen molar-refractivity contribution < 1.29 is 13.2 Å². The van der Waals surface area contributed by atoms with Crippen molar-refractivity contribution in [2.45, 2.75) is 32.2 Å². The molecule has 1 amide bonds. The van der Waals surface area contributed by atoms with Gasteiger partial charge in [-0.15, -0.1) is 0 Å². The van der Waals surface area contributed by atoms with Crippen LogP contribution in [0, 0.1) is 5.41 Å². The molecule has 0 saturated heterocycles. The molecular formula is C28H28N2O3S. The van der Waals surface area contributed by atoms with E-state index >= 15 is 0 Å². The van der Waals surface area contributed by atoms with E-state index in [-0.39, 0.29) is 11.7 Å². The molecule has 1 aliphatic heterocycles. The highest BCUT2D eigenvalue weighted by Gasteiger charge is 2.39. The minimum absolute atomic E-state index is 0.0714. The smallest absolute Gasteiger partial charge is 0.223 e. The van der Waals surface area contributed by atoms with Gasteiger partial charge in [0.25, 0.3) is 0 Å². The minimum Gasteiger partial charge on any atom is -0.341 e. The van der Waals surface area contributed by atoms with E-state index in [2.05, 4.69) is 17.6 Å². The number of carbonyl (C=O) groups excluding carboxylic acids is 1. The van der Waals surface area contributed by atoms with Crippen LogP contribution in [0.15, 0.2) is 83.8 Å². The van der Waals surface area contributed by atoms with Gasteiger partial charge in [-0.2, -0.15) is 0 Å². The molecule has 0 fully saturated rings. The number of aryl methyl sites for hydroxylation is 1. The van der Waals surface area contributed by atoms with E-state index in [1.54, 1.807) is 11.0 Å². The number of benzene rings is 3. The second-order valence-corrected chi connectivity index (χ2v) is 11.3. The van der Waals surface area contributed by atoms with E-state index in [0.717, 1.165) is 39.6 Å². The number of sulfone groups is 1. The lowest BCUT2D eigenvalue weighted by Crippen LogP contribution is -2.34. The third-order valence-electron chi connectivity index (χ3n) is 6.68. The second kappa shape index (κ2) is 8.13. The van der Waals surface area contributed by atoms with Crippen molar-refractivity contribution in [2.24, 2.45) is 5.41 Å². The summed E-state index contributed by atoms with van der Waals surface area (Å²) in [5.74, 6) is -0.164. The lowest BCUT2D eigenvalue weighted by molar-refractivity contribution is -0.125. The van der Waals surface area contributed by atoms with Crippen molar-refractivity contribution in [3.8, 4) is 0 Å². The molecule has 2 heterocycles. The molecule has 1 unspecified atom stereocenters. The van der Waals surface area contributed by atoms with Gasteiger partial charge in [0.1, 0.15) is 0 Å². The lowest BCUT2D eigenvalue weighted by atomic mass is 9.94. The van der Waals surface area contributed by atoms with Gasteiger partial charge in [0.15, 0.2) is 9.84 Å². The molecule has 0 spiro atoms. The number of hydrogen-bond acceptors (Lipinski definition) is 3. The molecule has 0 aliphatic carbocycles. The van der Waals surface area contributed by atoms with Gasteiger partial charge in [-0.05, 0) is 36.8 Å². The molecule has 34 heavy (non-hydrogen) atoms. The molecule has 4 aromatic rings. The average Bonchev–Trinajstić information content (AvgIpc) is 3.34. The van der Waals surface area contributed by atoms with Crippen LogP contribution in [-0.4, -0.2) is 36.1 Å². The summed E-state index contributed by atoms with van der Waals surface area (Å²) in [6.07, 6.45) is 1.95. The van der Waals surface area contributed by atoms with E-state index in [0.29, 0.717) is 11.4 Å². The summed E-state index contributed by atoms with van der Waals surface area (Å²) in [4.78, 5) is 14.4. The van der Waals surface area contributed by atoms with Crippen molar-refractivity contribution in [3.63, 3.8) is 0 Å². The van der Waals surface area contributed by atoms with E-state index in [4.69, 9.17) is 0 Å². The summed E-state index contributed by atoms with van der Waals surface area (Å²) >= 11 is 0. The molecular weight excluding hydrogens is 444 g/mol. The van der Waals surface area contributed by atoms with Gasteiger partial charge in [-0.1, -0.05) is 61.5 Å². The fraction of sp³-hybridized carbons (Fsp3) is 0.250. The van der Waals surface area contributed by atoms with Crippen LogP contribution in [0.5, 0.6) is 0 Å². The third-order valence-corrected chi connectivity index (χ3v) is 8.70. The molecule has 0 saturated carbocycles. The second-order valence-electron chi connectivity index (χ2n) is 9.35. The van der Waals surface area contributed by atoms with Gasteiger partial charge < -0.3 is 9.47 Å². The Labute approximate surface area is 200 Å². The number of carbonyl (C=O) groups is 1. The first-order chi connectivity index (χ1) is 16.2. The summed E-state index contributed by atoms with van der Waals surface area (Å²) in [6.45, 7) is 6.67. The van der Waals surface area contributed by atoms with Crippen molar-refractivity contribution >= 4 is 43.2 Å². The molecule has 1 aromatic heterocycles. The summed E-state index contributed by atoms with van der Waals surface area (Å²) in [5, 5.41) is 2.00. The predicted molar refractivity (Wildman–Crippen MR) is 137 cm³/mol. The Morgan fingerprint density at radius 3 is 2.32 bits per heavy atom. The Balaban J connectivity index is 1.55. The minimum atomic E-state index is -3.61. The van der Waals surface area contributed by atoms with E-state index in [1.165, 1.54) is 6.92 Å². The number of rotatable bonds is 5. The lowest BCUT2D eigenvalue weighted by Gasteiger charge is -2.25. The Hall–Kier alpha value is -3.38. The summed E-state index contributed by atoms with van der Waals surface area (Å²) < 4.78 is 29.5. The van der Waals surface area contributed by atoms with Crippen LogP contribution in [0.4, 0.5) is 0 Å². The summed E-state index contributed by atoms with van der Waals surface area (Å²) in [7, 11) is -3.61. The largest absolute Gasteiger partial charge is 0.341 e. The van der Waals surface area contributed by atoms with Crippen LogP contribution >= 0.6 is 0 Å². The van der Waals surface area contributed by atoms with Crippen molar-refractivity contribution in [1.82, 2.24) is 9.47 Å². The molecule has 0 bridgehead atoms.